The van der Waals surface area contributed by atoms with E-state index in [-0.39, 0.29) is 17.3 Å². The Balaban J connectivity index is 1.89. The van der Waals surface area contributed by atoms with Crippen molar-refractivity contribution in [2.45, 2.75) is 58.5 Å². The van der Waals surface area contributed by atoms with Crippen molar-refractivity contribution < 1.29 is 19.4 Å². The third-order valence-corrected chi connectivity index (χ3v) is 6.97. The summed E-state index contributed by atoms with van der Waals surface area (Å²) in [4.78, 5) is 12.0. The fourth-order valence-electron chi connectivity index (χ4n) is 5.43. The van der Waals surface area contributed by atoms with Crippen LogP contribution < -0.4 is 0 Å². The molecule has 0 aliphatic heterocycles. The van der Waals surface area contributed by atoms with Crippen LogP contribution in [0.15, 0.2) is 35.2 Å². The number of aliphatic hydroxyl groups excluding tert-OH is 1. The standard InChI is InChI=1S/C20H28O4/c1-13-4-7-16-19(2,10-8-17(21)20(16,3)18(22)23)15(13)6-5-14-9-11-24-12-14/h9,11-12,15-17,21H,1,4-8,10H2,2-3H3,(H,22,23)/t15-,16+,17-,19+,20-/m1/s1. The summed E-state index contributed by atoms with van der Waals surface area (Å²) in [6.07, 6.45) is 7.62. The summed E-state index contributed by atoms with van der Waals surface area (Å²) in [6, 6.07) is 1.98. The number of carboxylic acid groups (broad SMARTS) is 1. The van der Waals surface area contributed by atoms with Crippen molar-refractivity contribution in [3.8, 4) is 0 Å². The molecule has 5 atom stereocenters. The number of aryl methyl sites for hydroxylation is 1. The number of fused-ring (bicyclic) bond motifs is 1. The molecule has 0 saturated heterocycles. The molecule has 3 rings (SSSR count). The molecule has 2 aliphatic rings. The van der Waals surface area contributed by atoms with Gasteiger partial charge in [-0.1, -0.05) is 19.1 Å². The lowest BCUT2D eigenvalue weighted by Gasteiger charge is -2.58. The molecule has 0 aromatic carbocycles. The summed E-state index contributed by atoms with van der Waals surface area (Å²) < 4.78 is 5.16. The van der Waals surface area contributed by atoms with Crippen LogP contribution in [0.2, 0.25) is 0 Å². The Morgan fingerprint density at radius 2 is 2.17 bits per heavy atom. The summed E-state index contributed by atoms with van der Waals surface area (Å²) in [5.74, 6) is -0.601. The zero-order valence-electron chi connectivity index (χ0n) is 14.6. The van der Waals surface area contributed by atoms with Gasteiger partial charge >= 0.3 is 5.97 Å². The van der Waals surface area contributed by atoms with E-state index in [1.807, 2.05) is 6.07 Å². The number of carboxylic acids is 1. The van der Waals surface area contributed by atoms with E-state index in [9.17, 15) is 15.0 Å². The van der Waals surface area contributed by atoms with Crippen LogP contribution in [0.3, 0.4) is 0 Å². The molecule has 0 radical (unpaired) electrons. The molecule has 1 heterocycles. The first kappa shape index (κ1) is 17.3. The minimum atomic E-state index is -1.07. The van der Waals surface area contributed by atoms with Crippen LogP contribution in [0.5, 0.6) is 0 Å². The number of aliphatic carboxylic acids is 1. The third kappa shape index (κ3) is 2.52. The molecule has 2 saturated carbocycles. The summed E-state index contributed by atoms with van der Waals surface area (Å²) >= 11 is 0. The third-order valence-electron chi connectivity index (χ3n) is 6.97. The average molecular weight is 332 g/mol. The largest absolute Gasteiger partial charge is 0.481 e. The smallest absolute Gasteiger partial charge is 0.312 e. The first-order valence-corrected chi connectivity index (χ1v) is 8.90. The van der Waals surface area contributed by atoms with Gasteiger partial charge in [0, 0.05) is 0 Å². The maximum Gasteiger partial charge on any atom is 0.312 e. The van der Waals surface area contributed by atoms with Crippen molar-refractivity contribution in [1.29, 1.82) is 0 Å². The highest BCUT2D eigenvalue weighted by Crippen LogP contribution is 2.61. The van der Waals surface area contributed by atoms with Gasteiger partial charge in [-0.2, -0.15) is 0 Å². The van der Waals surface area contributed by atoms with E-state index in [4.69, 9.17) is 4.42 Å². The van der Waals surface area contributed by atoms with Crippen molar-refractivity contribution in [2.24, 2.45) is 22.7 Å². The van der Waals surface area contributed by atoms with Crippen LogP contribution in [0.25, 0.3) is 0 Å². The van der Waals surface area contributed by atoms with E-state index < -0.39 is 17.5 Å². The zero-order valence-corrected chi connectivity index (χ0v) is 14.6. The van der Waals surface area contributed by atoms with Gasteiger partial charge in [0.2, 0.25) is 0 Å². The number of furan rings is 1. The first-order chi connectivity index (χ1) is 11.3. The molecule has 2 fully saturated rings. The average Bonchev–Trinajstić information content (AvgIpc) is 3.04. The van der Waals surface area contributed by atoms with Gasteiger partial charge in [-0.15, -0.1) is 0 Å². The molecule has 1 aromatic heterocycles. The quantitative estimate of drug-likeness (QED) is 0.816. The van der Waals surface area contributed by atoms with E-state index in [1.54, 1.807) is 19.5 Å². The number of rotatable bonds is 4. The van der Waals surface area contributed by atoms with Crippen molar-refractivity contribution in [3.05, 3.63) is 36.3 Å². The Bertz CT molecular complexity index is 620. The lowest BCUT2D eigenvalue weighted by atomic mass is 9.46. The van der Waals surface area contributed by atoms with Gasteiger partial charge < -0.3 is 14.6 Å². The highest BCUT2D eigenvalue weighted by atomic mass is 16.4. The molecule has 2 N–H and O–H groups in total. The lowest BCUT2D eigenvalue weighted by Crippen LogP contribution is -2.59. The maximum atomic E-state index is 12.0. The highest BCUT2D eigenvalue weighted by molar-refractivity contribution is 5.76. The summed E-state index contributed by atoms with van der Waals surface area (Å²) in [5.41, 5.74) is 1.22. The van der Waals surface area contributed by atoms with Gasteiger partial charge in [0.25, 0.3) is 0 Å². The van der Waals surface area contributed by atoms with Gasteiger partial charge in [0.15, 0.2) is 0 Å². The number of aliphatic hydroxyl groups is 1. The molecule has 0 spiro atoms. The monoisotopic (exact) mass is 332 g/mol. The SMILES string of the molecule is C=C1CC[C@H]2[C@@](C)(CC[C@@H](O)[C@]2(C)C(=O)O)[C@@H]1CCc1ccoc1. The van der Waals surface area contributed by atoms with Crippen molar-refractivity contribution in [1.82, 2.24) is 0 Å². The molecule has 4 nitrogen and oxygen atoms in total. The van der Waals surface area contributed by atoms with Gasteiger partial charge in [-0.25, -0.2) is 0 Å². The van der Waals surface area contributed by atoms with Crippen LogP contribution in [-0.2, 0) is 11.2 Å². The van der Waals surface area contributed by atoms with Crippen LogP contribution in [0.4, 0.5) is 0 Å². The van der Waals surface area contributed by atoms with Gasteiger partial charge in [-0.05, 0) is 74.3 Å². The number of carbonyl (C=O) groups is 1. The molecule has 4 heteroatoms. The van der Waals surface area contributed by atoms with Crippen LogP contribution in [0.1, 0.15) is 51.5 Å². The fourth-order valence-corrected chi connectivity index (χ4v) is 5.43. The van der Waals surface area contributed by atoms with Gasteiger partial charge in [0.1, 0.15) is 0 Å². The molecule has 0 unspecified atom stereocenters. The molecule has 1 aromatic rings. The van der Waals surface area contributed by atoms with Gasteiger partial charge in [-0.3, -0.25) is 4.79 Å². The predicted octanol–water partition coefficient (Wildman–Crippen LogP) is 4.05. The topological polar surface area (TPSA) is 70.7 Å². The summed E-state index contributed by atoms with van der Waals surface area (Å²) in [7, 11) is 0. The minimum Gasteiger partial charge on any atom is -0.481 e. The number of allylic oxidation sites excluding steroid dienone is 1. The molecule has 0 bridgehead atoms. The number of hydrogen-bond acceptors (Lipinski definition) is 3. The molecular formula is C20H28O4. The van der Waals surface area contributed by atoms with Crippen LogP contribution in [-0.4, -0.2) is 22.3 Å². The van der Waals surface area contributed by atoms with Crippen molar-refractivity contribution >= 4 is 5.97 Å². The maximum absolute atomic E-state index is 12.0. The van der Waals surface area contributed by atoms with E-state index in [0.29, 0.717) is 6.42 Å². The Labute approximate surface area is 143 Å². The molecule has 0 amide bonds. The normalized spacial score (nSPS) is 39.5. The Morgan fingerprint density at radius 3 is 2.79 bits per heavy atom. The Kier molecular flexibility index (Phi) is 4.37. The van der Waals surface area contributed by atoms with Crippen molar-refractivity contribution in [2.75, 3.05) is 0 Å². The van der Waals surface area contributed by atoms with E-state index >= 15 is 0 Å². The second kappa shape index (κ2) is 6.07. The van der Waals surface area contributed by atoms with Gasteiger partial charge in [0.05, 0.1) is 24.0 Å². The Hall–Kier alpha value is -1.55. The number of hydrogen-bond donors (Lipinski definition) is 2. The lowest BCUT2D eigenvalue weighted by molar-refractivity contribution is -0.183. The highest BCUT2D eigenvalue weighted by Gasteiger charge is 2.60. The molecule has 132 valence electrons. The Morgan fingerprint density at radius 1 is 1.42 bits per heavy atom. The van der Waals surface area contributed by atoms with Crippen LogP contribution in [0, 0.1) is 22.7 Å². The first-order valence-electron chi connectivity index (χ1n) is 8.90. The predicted molar refractivity (Wildman–Crippen MR) is 91.5 cm³/mol. The van der Waals surface area contributed by atoms with E-state index in [0.717, 1.165) is 32.1 Å². The second-order valence-electron chi connectivity index (χ2n) is 8.12. The van der Waals surface area contributed by atoms with Crippen molar-refractivity contribution in [3.63, 3.8) is 0 Å². The molecular weight excluding hydrogens is 304 g/mol. The minimum absolute atomic E-state index is 0.0221. The zero-order chi connectivity index (χ0) is 17.5. The van der Waals surface area contributed by atoms with E-state index in [2.05, 4.69) is 13.5 Å². The van der Waals surface area contributed by atoms with E-state index in [1.165, 1.54) is 11.1 Å². The van der Waals surface area contributed by atoms with Crippen LogP contribution >= 0.6 is 0 Å². The summed E-state index contributed by atoms with van der Waals surface area (Å²) in [5, 5.41) is 20.3. The molecule has 24 heavy (non-hydrogen) atoms. The second-order valence-corrected chi connectivity index (χ2v) is 8.12. The molecule has 2 aliphatic carbocycles. The fraction of sp³-hybridized carbons (Fsp3) is 0.650. The summed E-state index contributed by atoms with van der Waals surface area (Å²) in [6.45, 7) is 8.27.